The highest BCUT2D eigenvalue weighted by Gasteiger charge is 2.11. The van der Waals surface area contributed by atoms with Crippen molar-refractivity contribution in [1.82, 2.24) is 9.38 Å². The minimum absolute atomic E-state index is 0.233. The van der Waals surface area contributed by atoms with E-state index in [9.17, 15) is 4.79 Å². The fraction of sp³-hybridized carbons (Fsp3) is 0.0476. The molecule has 128 valence electrons. The van der Waals surface area contributed by atoms with Crippen molar-refractivity contribution in [2.45, 2.75) is 0 Å². The Labute approximate surface area is 150 Å². The Kier molecular flexibility index (Phi) is 4.11. The highest BCUT2D eigenvalue weighted by Crippen LogP contribution is 2.24. The highest BCUT2D eigenvalue weighted by atomic mass is 16.5. The van der Waals surface area contributed by atoms with Crippen LogP contribution < -0.4 is 10.1 Å². The normalized spacial score (nSPS) is 10.7. The van der Waals surface area contributed by atoms with Crippen molar-refractivity contribution in [2.75, 3.05) is 12.4 Å². The molecule has 0 bridgehead atoms. The SMILES string of the molecule is COc1cccc(-c2ccc3nc(C(=O)Nc4ccccc4)cn3c2)c1. The molecule has 5 nitrogen and oxygen atoms in total. The van der Waals surface area contributed by atoms with Gasteiger partial charge in [0.15, 0.2) is 0 Å². The quantitative estimate of drug-likeness (QED) is 0.602. The van der Waals surface area contributed by atoms with Crippen molar-refractivity contribution in [3.05, 3.63) is 84.8 Å². The molecule has 0 unspecified atom stereocenters. The molecule has 0 aliphatic carbocycles. The van der Waals surface area contributed by atoms with Gasteiger partial charge < -0.3 is 14.5 Å². The van der Waals surface area contributed by atoms with Gasteiger partial charge >= 0.3 is 0 Å². The van der Waals surface area contributed by atoms with Gasteiger partial charge in [0.05, 0.1) is 7.11 Å². The van der Waals surface area contributed by atoms with Crippen LogP contribution in [0.4, 0.5) is 5.69 Å². The van der Waals surface area contributed by atoms with Crippen LogP contribution in [-0.2, 0) is 0 Å². The number of pyridine rings is 1. The second-order valence-electron chi connectivity index (χ2n) is 5.86. The van der Waals surface area contributed by atoms with Crippen molar-refractivity contribution in [3.8, 4) is 16.9 Å². The zero-order valence-electron chi connectivity index (χ0n) is 14.2. The van der Waals surface area contributed by atoms with Gasteiger partial charge in [-0.2, -0.15) is 0 Å². The Hall–Kier alpha value is -3.60. The molecule has 26 heavy (non-hydrogen) atoms. The van der Waals surface area contributed by atoms with Gasteiger partial charge in [-0.05, 0) is 47.5 Å². The molecule has 0 saturated carbocycles. The Morgan fingerprint density at radius 1 is 0.962 bits per heavy atom. The molecule has 2 aromatic heterocycles. The maximum atomic E-state index is 12.4. The molecule has 0 atom stereocenters. The van der Waals surface area contributed by atoms with Crippen molar-refractivity contribution in [3.63, 3.8) is 0 Å². The van der Waals surface area contributed by atoms with Gasteiger partial charge in [-0.1, -0.05) is 30.3 Å². The summed E-state index contributed by atoms with van der Waals surface area (Å²) in [7, 11) is 1.65. The van der Waals surface area contributed by atoms with Gasteiger partial charge in [0.2, 0.25) is 0 Å². The number of aromatic nitrogens is 2. The number of fused-ring (bicyclic) bond motifs is 1. The number of nitrogens with zero attached hydrogens (tertiary/aromatic N) is 2. The van der Waals surface area contributed by atoms with Gasteiger partial charge in [-0.3, -0.25) is 4.79 Å². The monoisotopic (exact) mass is 343 g/mol. The molecule has 4 aromatic rings. The molecule has 2 heterocycles. The van der Waals surface area contributed by atoms with E-state index in [1.165, 1.54) is 0 Å². The fourth-order valence-electron chi connectivity index (χ4n) is 2.79. The number of rotatable bonds is 4. The number of amides is 1. The minimum Gasteiger partial charge on any atom is -0.497 e. The summed E-state index contributed by atoms with van der Waals surface area (Å²) in [6.07, 6.45) is 3.69. The number of methoxy groups -OCH3 is 1. The van der Waals surface area contributed by atoms with Crippen LogP contribution in [0.2, 0.25) is 0 Å². The molecular weight excluding hydrogens is 326 g/mol. The number of imidazole rings is 1. The predicted molar refractivity (Wildman–Crippen MR) is 102 cm³/mol. The molecule has 0 radical (unpaired) electrons. The number of carbonyl (C=O) groups is 1. The number of ether oxygens (including phenoxy) is 1. The summed E-state index contributed by atoms with van der Waals surface area (Å²) >= 11 is 0. The highest BCUT2D eigenvalue weighted by molar-refractivity contribution is 6.03. The van der Waals surface area contributed by atoms with Crippen molar-refractivity contribution < 1.29 is 9.53 Å². The topological polar surface area (TPSA) is 55.6 Å². The summed E-state index contributed by atoms with van der Waals surface area (Å²) in [5, 5.41) is 2.85. The van der Waals surface area contributed by atoms with Crippen LogP contribution in [0.5, 0.6) is 5.75 Å². The Bertz CT molecular complexity index is 1070. The molecule has 4 rings (SSSR count). The fourth-order valence-corrected chi connectivity index (χ4v) is 2.79. The van der Waals surface area contributed by atoms with E-state index in [4.69, 9.17) is 4.74 Å². The van der Waals surface area contributed by atoms with Crippen LogP contribution in [-0.4, -0.2) is 22.4 Å². The molecule has 0 fully saturated rings. The minimum atomic E-state index is -0.233. The largest absolute Gasteiger partial charge is 0.497 e. The van der Waals surface area contributed by atoms with E-state index in [1.54, 1.807) is 13.3 Å². The number of hydrogen-bond acceptors (Lipinski definition) is 3. The first-order valence-corrected chi connectivity index (χ1v) is 8.22. The summed E-state index contributed by atoms with van der Waals surface area (Å²) in [4.78, 5) is 16.8. The molecular formula is C21H17N3O2. The second-order valence-corrected chi connectivity index (χ2v) is 5.86. The summed E-state index contributed by atoms with van der Waals surface area (Å²) < 4.78 is 7.14. The van der Waals surface area contributed by atoms with Crippen molar-refractivity contribution in [1.29, 1.82) is 0 Å². The standard InChI is InChI=1S/C21H17N3O2/c1-26-18-9-5-6-15(12-18)16-10-11-20-23-19(14-24(20)13-16)21(25)22-17-7-3-2-4-8-17/h2-14H,1H3,(H,22,25). The summed E-state index contributed by atoms with van der Waals surface area (Å²) in [6, 6.07) is 21.1. The van der Waals surface area contributed by atoms with Gasteiger partial charge in [-0.25, -0.2) is 4.98 Å². The van der Waals surface area contributed by atoms with Crippen LogP contribution in [0.3, 0.4) is 0 Å². The van der Waals surface area contributed by atoms with Crippen molar-refractivity contribution in [2.24, 2.45) is 0 Å². The molecule has 1 amide bonds. The predicted octanol–water partition coefficient (Wildman–Crippen LogP) is 4.26. The van der Waals surface area contributed by atoms with E-state index in [0.717, 1.165) is 28.2 Å². The van der Waals surface area contributed by atoms with Crippen molar-refractivity contribution >= 4 is 17.2 Å². The number of para-hydroxylation sites is 1. The van der Waals surface area contributed by atoms with E-state index in [1.807, 2.05) is 77.3 Å². The van der Waals surface area contributed by atoms with E-state index in [0.29, 0.717) is 5.69 Å². The Morgan fingerprint density at radius 3 is 2.62 bits per heavy atom. The number of anilines is 1. The average Bonchev–Trinajstić information content (AvgIpc) is 3.12. The van der Waals surface area contributed by atoms with Gasteiger partial charge in [-0.15, -0.1) is 0 Å². The molecule has 5 heteroatoms. The molecule has 0 aliphatic rings. The van der Waals surface area contributed by atoms with Gasteiger partial charge in [0.1, 0.15) is 17.1 Å². The Balaban J connectivity index is 1.64. The zero-order valence-corrected chi connectivity index (χ0v) is 14.2. The first-order valence-electron chi connectivity index (χ1n) is 8.22. The zero-order chi connectivity index (χ0) is 17.9. The molecule has 0 saturated heterocycles. The van der Waals surface area contributed by atoms with Gasteiger partial charge in [0.25, 0.3) is 5.91 Å². The number of nitrogens with one attached hydrogen (secondary N) is 1. The smallest absolute Gasteiger partial charge is 0.275 e. The summed E-state index contributed by atoms with van der Waals surface area (Å²) in [6.45, 7) is 0. The second kappa shape index (κ2) is 6.72. The Morgan fingerprint density at radius 2 is 1.81 bits per heavy atom. The molecule has 0 aliphatic heterocycles. The first-order chi connectivity index (χ1) is 12.7. The third-order valence-electron chi connectivity index (χ3n) is 4.12. The lowest BCUT2D eigenvalue weighted by molar-refractivity contribution is 0.102. The maximum Gasteiger partial charge on any atom is 0.275 e. The van der Waals surface area contributed by atoms with Crippen LogP contribution in [0, 0.1) is 0 Å². The van der Waals surface area contributed by atoms with Gasteiger partial charge in [0, 0.05) is 18.1 Å². The van der Waals surface area contributed by atoms with Crippen LogP contribution in [0.1, 0.15) is 10.5 Å². The van der Waals surface area contributed by atoms with Crippen LogP contribution in [0.25, 0.3) is 16.8 Å². The third kappa shape index (κ3) is 3.15. The van der Waals surface area contributed by atoms with E-state index >= 15 is 0 Å². The molecule has 0 spiro atoms. The third-order valence-corrected chi connectivity index (χ3v) is 4.12. The summed E-state index contributed by atoms with van der Waals surface area (Å²) in [5.41, 5.74) is 3.89. The summed E-state index contributed by atoms with van der Waals surface area (Å²) in [5.74, 6) is 0.569. The van der Waals surface area contributed by atoms with Crippen LogP contribution >= 0.6 is 0 Å². The molecule has 1 N–H and O–H groups in total. The lowest BCUT2D eigenvalue weighted by Gasteiger charge is -2.05. The molecule has 2 aromatic carbocycles. The lowest BCUT2D eigenvalue weighted by atomic mass is 10.1. The first kappa shape index (κ1) is 15.9. The lowest BCUT2D eigenvalue weighted by Crippen LogP contribution is -2.11. The average molecular weight is 343 g/mol. The van der Waals surface area contributed by atoms with E-state index < -0.39 is 0 Å². The number of hydrogen-bond donors (Lipinski definition) is 1. The maximum absolute atomic E-state index is 12.4. The number of carbonyl (C=O) groups excluding carboxylic acids is 1. The van der Waals surface area contributed by atoms with E-state index in [2.05, 4.69) is 10.3 Å². The number of benzene rings is 2. The van der Waals surface area contributed by atoms with E-state index in [-0.39, 0.29) is 5.91 Å². The van der Waals surface area contributed by atoms with Crippen LogP contribution in [0.15, 0.2) is 79.1 Å².